The molecular weight excluding hydrogens is 220 g/mol. The number of rotatable bonds is 3. The lowest BCUT2D eigenvalue weighted by atomic mass is 10.0. The third kappa shape index (κ3) is 2.02. The Kier molecular flexibility index (Phi) is 2.77. The van der Waals surface area contributed by atoms with Gasteiger partial charge < -0.3 is 20.6 Å². The number of aromatic nitrogens is 1. The van der Waals surface area contributed by atoms with Gasteiger partial charge in [-0.3, -0.25) is 4.79 Å². The summed E-state index contributed by atoms with van der Waals surface area (Å²) >= 11 is 0. The minimum atomic E-state index is -1.17. The summed E-state index contributed by atoms with van der Waals surface area (Å²) in [5.74, 6) is -0.682. The second kappa shape index (κ2) is 4.57. The van der Waals surface area contributed by atoms with Crippen LogP contribution in [-0.4, -0.2) is 29.2 Å². The van der Waals surface area contributed by atoms with E-state index in [0.717, 1.165) is 5.52 Å². The van der Waals surface area contributed by atoms with E-state index in [-0.39, 0.29) is 0 Å². The monoisotopic (exact) mass is 235 g/mol. The fourth-order valence-electron chi connectivity index (χ4n) is 1.73. The first-order valence-electron chi connectivity index (χ1n) is 5.63. The number of carbonyl (C=O) groups excluding carboxylic acids is 1. The molecule has 0 aliphatic heterocycles. The van der Waals surface area contributed by atoms with Crippen LogP contribution in [0.3, 0.4) is 0 Å². The number of ether oxygens (including phenoxy) is 1. The summed E-state index contributed by atoms with van der Waals surface area (Å²) in [6.45, 7) is 0. The zero-order valence-electron chi connectivity index (χ0n) is 10.3. The van der Waals surface area contributed by atoms with Crippen molar-refractivity contribution in [3.63, 3.8) is 0 Å². The Morgan fingerprint density at radius 2 is 2.41 bits per heavy atom. The second-order valence-electron chi connectivity index (χ2n) is 3.71. The number of hydrogen-bond acceptors (Lipinski definition) is 4. The lowest BCUT2D eigenvalue weighted by Crippen LogP contribution is -2.37. The van der Waals surface area contributed by atoms with Gasteiger partial charge in [-0.2, -0.15) is 0 Å². The third-order valence-corrected chi connectivity index (χ3v) is 2.69. The fraction of sp³-hybridized carbons (Fsp3) is 0.250. The number of aliphatic hydroxyl groups is 1. The summed E-state index contributed by atoms with van der Waals surface area (Å²) in [6.07, 6.45) is 0.408. The SMILES string of the molecule is [2H]c1ccc2[nH]cc([C@H](O)[C@H](N)C(=O)OC)c2c1. The number of aliphatic hydroxyl groups excluding tert-OH is 1. The van der Waals surface area contributed by atoms with Crippen LogP contribution in [0.15, 0.2) is 30.4 Å². The van der Waals surface area contributed by atoms with Crippen molar-refractivity contribution in [1.29, 1.82) is 0 Å². The molecule has 0 spiro atoms. The lowest BCUT2D eigenvalue weighted by molar-refractivity contribution is -0.145. The van der Waals surface area contributed by atoms with Crippen LogP contribution in [0.5, 0.6) is 0 Å². The first-order valence-corrected chi connectivity index (χ1v) is 5.13. The maximum Gasteiger partial charge on any atom is 0.325 e. The van der Waals surface area contributed by atoms with Crippen LogP contribution < -0.4 is 5.73 Å². The molecular formula is C12H14N2O3. The molecule has 4 N–H and O–H groups in total. The van der Waals surface area contributed by atoms with Crippen LogP contribution in [0.4, 0.5) is 0 Å². The molecule has 0 radical (unpaired) electrons. The molecule has 0 fully saturated rings. The number of carbonyl (C=O) groups is 1. The van der Waals surface area contributed by atoms with E-state index in [1.54, 1.807) is 24.4 Å². The molecule has 1 heterocycles. The fourth-order valence-corrected chi connectivity index (χ4v) is 1.73. The maximum absolute atomic E-state index is 11.3. The normalized spacial score (nSPS) is 15.4. The molecule has 5 nitrogen and oxygen atoms in total. The number of benzene rings is 1. The number of methoxy groups -OCH3 is 1. The Balaban J connectivity index is 2.41. The highest BCUT2D eigenvalue weighted by molar-refractivity contribution is 5.85. The first kappa shape index (κ1) is 10.3. The minimum absolute atomic E-state index is 0.321. The smallest absolute Gasteiger partial charge is 0.325 e. The highest BCUT2D eigenvalue weighted by atomic mass is 16.5. The number of esters is 1. The predicted molar refractivity (Wildman–Crippen MR) is 63.2 cm³/mol. The number of H-pyrrole nitrogens is 1. The largest absolute Gasteiger partial charge is 0.468 e. The van der Waals surface area contributed by atoms with Crippen molar-refractivity contribution in [2.24, 2.45) is 5.73 Å². The summed E-state index contributed by atoms with van der Waals surface area (Å²) in [5, 5.41) is 10.7. The Morgan fingerprint density at radius 1 is 1.65 bits per heavy atom. The zero-order chi connectivity index (χ0) is 13.3. The number of aromatic amines is 1. The minimum Gasteiger partial charge on any atom is -0.468 e. The van der Waals surface area contributed by atoms with Crippen molar-refractivity contribution in [3.8, 4) is 0 Å². The molecule has 0 bridgehead atoms. The highest BCUT2D eigenvalue weighted by Gasteiger charge is 2.26. The van der Waals surface area contributed by atoms with Gasteiger partial charge in [0.05, 0.1) is 8.48 Å². The number of nitrogens with one attached hydrogen (secondary N) is 1. The molecule has 90 valence electrons. The number of fused-ring (bicyclic) bond motifs is 1. The van der Waals surface area contributed by atoms with Crippen molar-refractivity contribution < 1.29 is 16.0 Å². The van der Waals surface area contributed by atoms with Crippen LogP contribution in [0.1, 0.15) is 13.0 Å². The zero-order valence-corrected chi connectivity index (χ0v) is 9.31. The Bertz CT molecular complexity index is 582. The Labute approximate surface area is 99.6 Å². The van der Waals surface area contributed by atoms with E-state index >= 15 is 0 Å². The van der Waals surface area contributed by atoms with Crippen molar-refractivity contribution >= 4 is 16.9 Å². The Morgan fingerprint density at radius 3 is 3.12 bits per heavy atom. The molecule has 2 rings (SSSR count). The van der Waals surface area contributed by atoms with Crippen molar-refractivity contribution in [3.05, 3.63) is 36.0 Å². The van der Waals surface area contributed by atoms with Gasteiger partial charge in [0.2, 0.25) is 0 Å². The second-order valence-corrected chi connectivity index (χ2v) is 3.71. The van der Waals surface area contributed by atoms with Crippen LogP contribution in [-0.2, 0) is 9.53 Å². The summed E-state index contributed by atoms with van der Waals surface area (Å²) in [5.41, 5.74) is 6.86. The molecule has 17 heavy (non-hydrogen) atoms. The standard InChI is InChI=1S/C12H14N2O3/c1-17-12(16)10(13)11(15)8-6-14-9-5-3-2-4-7(8)9/h2-6,10-11,14-15H,13H2,1H3/t10-,11-/m0/s1/i2D. The molecule has 0 aliphatic rings. The number of hydrogen-bond donors (Lipinski definition) is 3. The van der Waals surface area contributed by atoms with E-state index in [1.165, 1.54) is 7.11 Å². The average Bonchev–Trinajstić information content (AvgIpc) is 2.78. The van der Waals surface area contributed by atoms with E-state index in [1.807, 2.05) is 0 Å². The molecule has 5 heteroatoms. The summed E-state index contributed by atoms with van der Waals surface area (Å²) in [4.78, 5) is 14.3. The molecule has 1 aromatic carbocycles. The summed E-state index contributed by atoms with van der Waals surface area (Å²) in [6, 6.07) is 4.15. The van der Waals surface area contributed by atoms with E-state index in [0.29, 0.717) is 17.0 Å². The van der Waals surface area contributed by atoms with Gasteiger partial charge in [-0.25, -0.2) is 0 Å². The summed E-state index contributed by atoms with van der Waals surface area (Å²) in [7, 11) is 1.21. The molecule has 0 amide bonds. The van der Waals surface area contributed by atoms with Gasteiger partial charge in [0.15, 0.2) is 0 Å². The van der Waals surface area contributed by atoms with Gasteiger partial charge in [-0.05, 0) is 6.07 Å². The molecule has 2 atom stereocenters. The third-order valence-electron chi connectivity index (χ3n) is 2.69. The van der Waals surface area contributed by atoms with E-state index in [2.05, 4.69) is 9.72 Å². The molecule has 0 unspecified atom stereocenters. The van der Waals surface area contributed by atoms with Crippen LogP contribution in [0, 0.1) is 0 Å². The van der Waals surface area contributed by atoms with Crippen LogP contribution in [0.25, 0.3) is 10.9 Å². The molecule has 0 saturated heterocycles. The maximum atomic E-state index is 11.3. The van der Waals surface area contributed by atoms with Crippen LogP contribution >= 0.6 is 0 Å². The lowest BCUT2D eigenvalue weighted by Gasteiger charge is -2.15. The molecule has 0 saturated carbocycles. The van der Waals surface area contributed by atoms with Gasteiger partial charge in [0.25, 0.3) is 0 Å². The average molecular weight is 235 g/mol. The highest BCUT2D eigenvalue weighted by Crippen LogP contribution is 2.25. The van der Waals surface area contributed by atoms with Crippen LogP contribution in [0.2, 0.25) is 0 Å². The van der Waals surface area contributed by atoms with Gasteiger partial charge in [0.1, 0.15) is 12.1 Å². The number of nitrogens with two attached hydrogens (primary N) is 1. The molecule has 2 aromatic rings. The van der Waals surface area contributed by atoms with E-state index < -0.39 is 18.1 Å². The molecule has 1 aromatic heterocycles. The van der Waals surface area contributed by atoms with Crippen molar-refractivity contribution in [2.45, 2.75) is 12.1 Å². The Hall–Kier alpha value is -1.85. The van der Waals surface area contributed by atoms with Gasteiger partial charge >= 0.3 is 5.97 Å². The first-order chi connectivity index (χ1) is 8.54. The topological polar surface area (TPSA) is 88.3 Å². The predicted octanol–water partition coefficient (Wildman–Crippen LogP) is 0.702. The van der Waals surface area contributed by atoms with Gasteiger partial charge in [-0.15, -0.1) is 0 Å². The van der Waals surface area contributed by atoms with E-state index in [4.69, 9.17) is 7.10 Å². The van der Waals surface area contributed by atoms with Crippen molar-refractivity contribution in [1.82, 2.24) is 4.98 Å². The van der Waals surface area contributed by atoms with Gasteiger partial charge in [0, 0.05) is 22.7 Å². The van der Waals surface area contributed by atoms with Crippen molar-refractivity contribution in [2.75, 3.05) is 7.11 Å². The number of para-hydroxylation sites is 1. The molecule has 0 aliphatic carbocycles. The van der Waals surface area contributed by atoms with E-state index in [9.17, 15) is 9.90 Å². The van der Waals surface area contributed by atoms with Gasteiger partial charge in [-0.1, -0.05) is 18.2 Å². The quantitative estimate of drug-likeness (QED) is 0.683. The summed E-state index contributed by atoms with van der Waals surface area (Å²) < 4.78 is 12.1.